The molecule has 1 aromatic carbocycles. The van der Waals surface area contributed by atoms with Crippen molar-refractivity contribution < 1.29 is 19.1 Å². The number of amides is 1. The molecule has 0 bridgehead atoms. The molecule has 0 aliphatic carbocycles. The van der Waals surface area contributed by atoms with Crippen LogP contribution in [0.5, 0.6) is 0 Å². The molecule has 0 aromatic heterocycles. The molecule has 2 N–H and O–H groups in total. The van der Waals surface area contributed by atoms with Crippen LogP contribution in [0.4, 0.5) is 4.39 Å². The smallest absolute Gasteiger partial charge is 0.305 e. The molecule has 0 aliphatic heterocycles. The van der Waals surface area contributed by atoms with E-state index < -0.39 is 5.97 Å². The number of rotatable bonds is 7. The molecular weight excluding hydrogens is 269 g/mol. The van der Waals surface area contributed by atoms with Gasteiger partial charge in [0.15, 0.2) is 0 Å². The minimum Gasteiger partial charge on any atom is -0.481 e. The number of hydrogen-bond acceptors (Lipinski definition) is 3. The summed E-state index contributed by atoms with van der Waals surface area (Å²) < 4.78 is 12.7. The minimum atomic E-state index is -0.937. The Labute approximate surface area is 115 Å². The average Bonchev–Trinajstić information content (AvgIpc) is 2.30. The first-order valence-electron chi connectivity index (χ1n) is 5.87. The highest BCUT2D eigenvalue weighted by atomic mass is 32.2. The zero-order chi connectivity index (χ0) is 14.3. The van der Waals surface area contributed by atoms with Crippen molar-refractivity contribution in [1.29, 1.82) is 0 Å². The highest BCUT2D eigenvalue weighted by Crippen LogP contribution is 2.18. The molecule has 0 saturated carbocycles. The van der Waals surface area contributed by atoms with Crippen molar-refractivity contribution in [3.05, 3.63) is 30.1 Å². The molecule has 6 heteroatoms. The first kappa shape index (κ1) is 15.5. The third-order valence-electron chi connectivity index (χ3n) is 2.30. The van der Waals surface area contributed by atoms with E-state index in [1.54, 1.807) is 19.1 Å². The van der Waals surface area contributed by atoms with Crippen LogP contribution in [0.25, 0.3) is 0 Å². The van der Waals surface area contributed by atoms with Crippen LogP contribution >= 0.6 is 11.8 Å². The predicted octanol–water partition coefficient (Wildman–Crippen LogP) is 2.29. The van der Waals surface area contributed by atoms with E-state index in [0.717, 1.165) is 4.90 Å². The van der Waals surface area contributed by atoms with Gasteiger partial charge in [-0.15, -0.1) is 11.8 Å². The minimum absolute atomic E-state index is 0.0865. The summed E-state index contributed by atoms with van der Waals surface area (Å²) in [6.07, 6.45) is 0.211. The molecule has 1 atom stereocenters. The van der Waals surface area contributed by atoms with E-state index in [1.165, 1.54) is 23.9 Å². The SMILES string of the molecule is CC(CC(=O)O)NC(=O)CCSc1ccc(F)cc1. The lowest BCUT2D eigenvalue weighted by molar-refractivity contribution is -0.137. The van der Waals surface area contributed by atoms with Crippen LogP contribution in [0.3, 0.4) is 0 Å². The van der Waals surface area contributed by atoms with Crippen LogP contribution < -0.4 is 5.32 Å². The molecule has 19 heavy (non-hydrogen) atoms. The van der Waals surface area contributed by atoms with Crippen LogP contribution in [-0.4, -0.2) is 28.8 Å². The van der Waals surface area contributed by atoms with Gasteiger partial charge in [-0.3, -0.25) is 9.59 Å². The van der Waals surface area contributed by atoms with Crippen molar-refractivity contribution in [2.24, 2.45) is 0 Å². The van der Waals surface area contributed by atoms with E-state index >= 15 is 0 Å². The molecule has 0 fully saturated rings. The normalized spacial score (nSPS) is 11.9. The number of thioether (sulfide) groups is 1. The molecule has 1 amide bonds. The number of carboxylic acid groups (broad SMARTS) is 1. The molecule has 1 aromatic rings. The molecule has 0 aliphatic rings. The molecule has 0 saturated heterocycles. The maximum absolute atomic E-state index is 12.7. The molecule has 4 nitrogen and oxygen atoms in total. The van der Waals surface area contributed by atoms with E-state index in [-0.39, 0.29) is 24.2 Å². The van der Waals surface area contributed by atoms with Crippen LogP contribution in [-0.2, 0) is 9.59 Å². The monoisotopic (exact) mass is 285 g/mol. The van der Waals surface area contributed by atoms with Gasteiger partial charge in [0.25, 0.3) is 0 Å². The Kier molecular flexibility index (Phi) is 6.35. The molecule has 0 heterocycles. The molecular formula is C13H16FNO3S. The van der Waals surface area contributed by atoms with E-state index in [1.807, 2.05) is 0 Å². The molecule has 0 radical (unpaired) electrons. The highest BCUT2D eigenvalue weighted by molar-refractivity contribution is 7.99. The first-order chi connectivity index (χ1) is 8.97. The summed E-state index contributed by atoms with van der Waals surface area (Å²) in [5.41, 5.74) is 0. The van der Waals surface area contributed by atoms with Crippen LogP contribution in [0.15, 0.2) is 29.2 Å². The predicted molar refractivity (Wildman–Crippen MR) is 71.6 cm³/mol. The first-order valence-corrected chi connectivity index (χ1v) is 6.85. The Bertz CT molecular complexity index is 436. The fraction of sp³-hybridized carbons (Fsp3) is 0.385. The second-order valence-electron chi connectivity index (χ2n) is 4.12. The fourth-order valence-electron chi connectivity index (χ4n) is 1.45. The van der Waals surface area contributed by atoms with Crippen LogP contribution in [0, 0.1) is 5.82 Å². The summed E-state index contributed by atoms with van der Waals surface area (Å²) in [4.78, 5) is 22.8. The number of hydrogen-bond donors (Lipinski definition) is 2. The van der Waals surface area contributed by atoms with Gasteiger partial charge in [-0.05, 0) is 31.2 Å². The van der Waals surface area contributed by atoms with Crippen molar-refractivity contribution in [3.63, 3.8) is 0 Å². The Morgan fingerprint density at radius 1 is 1.37 bits per heavy atom. The largest absolute Gasteiger partial charge is 0.481 e. The van der Waals surface area contributed by atoms with Gasteiger partial charge in [0.05, 0.1) is 6.42 Å². The van der Waals surface area contributed by atoms with Gasteiger partial charge in [0.2, 0.25) is 5.91 Å². The zero-order valence-electron chi connectivity index (χ0n) is 10.6. The van der Waals surface area contributed by atoms with Gasteiger partial charge < -0.3 is 10.4 Å². The van der Waals surface area contributed by atoms with E-state index in [4.69, 9.17) is 5.11 Å². The second-order valence-corrected chi connectivity index (χ2v) is 5.29. The van der Waals surface area contributed by atoms with Crippen molar-refractivity contribution in [2.75, 3.05) is 5.75 Å². The Morgan fingerprint density at radius 2 is 2.00 bits per heavy atom. The summed E-state index contributed by atoms with van der Waals surface area (Å²) in [6, 6.07) is 5.69. The lowest BCUT2D eigenvalue weighted by atomic mass is 10.2. The lowest BCUT2D eigenvalue weighted by Gasteiger charge is -2.11. The molecule has 1 unspecified atom stereocenters. The van der Waals surface area contributed by atoms with Gasteiger partial charge >= 0.3 is 5.97 Å². The number of carbonyl (C=O) groups excluding carboxylic acids is 1. The number of carbonyl (C=O) groups is 2. The standard InChI is InChI=1S/C13H16FNO3S/c1-9(8-13(17)18)15-12(16)6-7-19-11-4-2-10(14)3-5-11/h2-5,9H,6-8H2,1H3,(H,15,16)(H,17,18). The number of aliphatic carboxylic acids is 1. The summed E-state index contributed by atoms with van der Waals surface area (Å²) in [6.45, 7) is 1.65. The molecule has 0 spiro atoms. The van der Waals surface area contributed by atoms with E-state index in [0.29, 0.717) is 12.2 Å². The van der Waals surface area contributed by atoms with E-state index in [2.05, 4.69) is 5.32 Å². The summed E-state index contributed by atoms with van der Waals surface area (Å²) in [7, 11) is 0. The van der Waals surface area contributed by atoms with Gasteiger partial charge in [-0.25, -0.2) is 4.39 Å². The topological polar surface area (TPSA) is 66.4 Å². The van der Waals surface area contributed by atoms with Gasteiger partial charge in [0, 0.05) is 23.1 Å². The number of halogens is 1. The summed E-state index contributed by atoms with van der Waals surface area (Å²) in [5, 5.41) is 11.2. The van der Waals surface area contributed by atoms with Crippen molar-refractivity contribution in [2.45, 2.75) is 30.7 Å². The van der Waals surface area contributed by atoms with E-state index in [9.17, 15) is 14.0 Å². The summed E-state index contributed by atoms with van der Waals surface area (Å²) >= 11 is 1.45. The van der Waals surface area contributed by atoms with Crippen LogP contribution in [0.1, 0.15) is 19.8 Å². The summed E-state index contributed by atoms with van der Waals surface area (Å²) in [5.74, 6) is -0.835. The van der Waals surface area contributed by atoms with Crippen LogP contribution in [0.2, 0.25) is 0 Å². The average molecular weight is 285 g/mol. The second kappa shape index (κ2) is 7.78. The van der Waals surface area contributed by atoms with Gasteiger partial charge in [0.1, 0.15) is 5.82 Å². The molecule has 104 valence electrons. The number of carboxylic acids is 1. The maximum atomic E-state index is 12.7. The van der Waals surface area contributed by atoms with Gasteiger partial charge in [-0.1, -0.05) is 0 Å². The number of nitrogens with one attached hydrogen (secondary N) is 1. The zero-order valence-corrected chi connectivity index (χ0v) is 11.4. The maximum Gasteiger partial charge on any atom is 0.305 e. The quantitative estimate of drug-likeness (QED) is 0.754. The van der Waals surface area contributed by atoms with Gasteiger partial charge in [-0.2, -0.15) is 0 Å². The van der Waals surface area contributed by atoms with Crippen molar-refractivity contribution in [3.8, 4) is 0 Å². The fourth-order valence-corrected chi connectivity index (χ4v) is 2.30. The Balaban J connectivity index is 2.23. The Hall–Kier alpha value is -1.56. The lowest BCUT2D eigenvalue weighted by Crippen LogP contribution is -2.34. The number of benzene rings is 1. The third kappa shape index (κ3) is 6.81. The van der Waals surface area contributed by atoms with Crippen molar-refractivity contribution in [1.82, 2.24) is 5.32 Å². The van der Waals surface area contributed by atoms with Crippen molar-refractivity contribution >= 4 is 23.6 Å². The highest BCUT2D eigenvalue weighted by Gasteiger charge is 2.10. The molecule has 1 rings (SSSR count). The third-order valence-corrected chi connectivity index (χ3v) is 3.31. The Morgan fingerprint density at radius 3 is 2.58 bits per heavy atom.